The molecule has 20 heavy (non-hydrogen) atoms. The molecule has 1 rings (SSSR count). The van der Waals surface area contributed by atoms with E-state index in [2.05, 4.69) is 24.2 Å². The van der Waals surface area contributed by atoms with Crippen LogP contribution in [-0.4, -0.2) is 66.2 Å². The second kappa shape index (κ2) is 8.79. The molecule has 0 aromatic rings. The minimum Gasteiger partial charge on any atom is -0.481 e. The highest BCUT2D eigenvalue weighted by atomic mass is 16.4. The van der Waals surface area contributed by atoms with Crippen LogP contribution in [0.15, 0.2) is 0 Å². The van der Waals surface area contributed by atoms with Crippen LogP contribution in [0.3, 0.4) is 0 Å². The van der Waals surface area contributed by atoms with Crippen molar-refractivity contribution in [2.45, 2.75) is 45.1 Å². The quantitative estimate of drug-likeness (QED) is 0.693. The van der Waals surface area contributed by atoms with Gasteiger partial charge in [0.2, 0.25) is 0 Å². The Kier molecular flexibility index (Phi) is 7.36. The van der Waals surface area contributed by atoms with Crippen LogP contribution in [0.4, 0.5) is 4.79 Å². The highest BCUT2D eigenvalue weighted by Crippen LogP contribution is 2.07. The summed E-state index contributed by atoms with van der Waals surface area (Å²) in [5.41, 5.74) is 0. The summed E-state index contributed by atoms with van der Waals surface area (Å²) in [5, 5.41) is 11.4. The lowest BCUT2D eigenvalue weighted by Crippen LogP contribution is -2.54. The van der Waals surface area contributed by atoms with Gasteiger partial charge in [0.15, 0.2) is 0 Å². The Bertz CT molecular complexity index is 323. The van der Waals surface area contributed by atoms with E-state index >= 15 is 0 Å². The third kappa shape index (κ3) is 6.23. The van der Waals surface area contributed by atoms with Crippen LogP contribution < -0.4 is 5.32 Å². The van der Waals surface area contributed by atoms with Gasteiger partial charge in [-0.1, -0.05) is 12.8 Å². The molecule has 1 aliphatic heterocycles. The minimum atomic E-state index is -0.734. The van der Waals surface area contributed by atoms with Crippen LogP contribution in [0, 0.1) is 0 Å². The molecule has 0 aromatic heterocycles. The van der Waals surface area contributed by atoms with Gasteiger partial charge in [-0.2, -0.15) is 0 Å². The number of carbonyl (C=O) groups excluding carboxylic acids is 1. The first kappa shape index (κ1) is 16.8. The summed E-state index contributed by atoms with van der Waals surface area (Å²) in [6.07, 6.45) is 3.75. The van der Waals surface area contributed by atoms with Crippen LogP contribution in [-0.2, 0) is 4.79 Å². The van der Waals surface area contributed by atoms with Gasteiger partial charge in [0, 0.05) is 38.6 Å². The normalized spacial score (nSPS) is 19.9. The van der Waals surface area contributed by atoms with Crippen LogP contribution in [0.2, 0.25) is 0 Å². The van der Waals surface area contributed by atoms with Crippen molar-refractivity contribution in [3.8, 4) is 0 Å². The van der Waals surface area contributed by atoms with Gasteiger partial charge in [0.1, 0.15) is 0 Å². The number of hydrogen-bond donors (Lipinski definition) is 2. The molecule has 1 fully saturated rings. The minimum absolute atomic E-state index is 0.0236. The van der Waals surface area contributed by atoms with E-state index in [1.54, 1.807) is 0 Å². The number of likely N-dealkylation sites (N-methyl/N-ethyl adjacent to an activating group) is 1. The summed E-state index contributed by atoms with van der Waals surface area (Å²) in [7, 11) is 2.08. The van der Waals surface area contributed by atoms with Crippen molar-refractivity contribution < 1.29 is 14.7 Å². The zero-order valence-electron chi connectivity index (χ0n) is 12.6. The number of carboxylic acid groups (broad SMARTS) is 1. The molecule has 116 valence electrons. The van der Waals surface area contributed by atoms with E-state index in [4.69, 9.17) is 5.11 Å². The maximum Gasteiger partial charge on any atom is 0.317 e. The van der Waals surface area contributed by atoms with Crippen molar-refractivity contribution in [3.05, 3.63) is 0 Å². The van der Waals surface area contributed by atoms with E-state index in [0.717, 1.165) is 45.3 Å². The summed E-state index contributed by atoms with van der Waals surface area (Å²) in [6, 6.07) is 0.431. The predicted octanol–water partition coefficient (Wildman–Crippen LogP) is 1.37. The summed E-state index contributed by atoms with van der Waals surface area (Å²) in [5.74, 6) is -0.734. The Balaban J connectivity index is 2.04. The van der Waals surface area contributed by atoms with Gasteiger partial charge in [0.05, 0.1) is 0 Å². The fourth-order valence-electron chi connectivity index (χ4n) is 2.29. The molecule has 0 aliphatic carbocycles. The number of piperazine rings is 1. The third-order valence-electron chi connectivity index (χ3n) is 3.84. The average molecular weight is 285 g/mol. The molecular formula is C14H27N3O3. The summed E-state index contributed by atoms with van der Waals surface area (Å²) in [6.45, 7) is 5.28. The number of carboxylic acids is 1. The number of amides is 2. The van der Waals surface area contributed by atoms with E-state index in [-0.39, 0.29) is 12.5 Å². The van der Waals surface area contributed by atoms with E-state index in [1.807, 2.05) is 4.90 Å². The Hall–Kier alpha value is -1.30. The van der Waals surface area contributed by atoms with Gasteiger partial charge in [-0.25, -0.2) is 4.79 Å². The molecule has 1 heterocycles. The molecule has 1 unspecified atom stereocenters. The first-order valence-corrected chi connectivity index (χ1v) is 7.45. The highest BCUT2D eigenvalue weighted by Gasteiger charge is 2.23. The number of nitrogens with one attached hydrogen (secondary N) is 1. The van der Waals surface area contributed by atoms with Crippen molar-refractivity contribution in [2.24, 2.45) is 0 Å². The molecule has 0 aromatic carbocycles. The number of nitrogens with zero attached hydrogens (tertiary/aromatic N) is 2. The summed E-state index contributed by atoms with van der Waals surface area (Å²) in [4.78, 5) is 26.4. The second-order valence-corrected chi connectivity index (χ2v) is 5.57. The van der Waals surface area contributed by atoms with Crippen molar-refractivity contribution in [1.29, 1.82) is 0 Å². The molecular weight excluding hydrogens is 258 g/mol. The Morgan fingerprint density at radius 2 is 1.90 bits per heavy atom. The largest absolute Gasteiger partial charge is 0.481 e. The first-order chi connectivity index (χ1) is 9.50. The summed E-state index contributed by atoms with van der Waals surface area (Å²) < 4.78 is 0. The molecule has 0 saturated carbocycles. The van der Waals surface area contributed by atoms with Gasteiger partial charge in [-0.3, -0.25) is 4.79 Å². The SMILES string of the molecule is CC1CN(C(=O)NCCCCCCC(=O)O)CCN1C. The molecule has 0 spiro atoms. The van der Waals surface area contributed by atoms with E-state index in [1.165, 1.54) is 0 Å². The van der Waals surface area contributed by atoms with Crippen LogP contribution in [0.25, 0.3) is 0 Å². The number of aliphatic carboxylic acids is 1. The van der Waals surface area contributed by atoms with E-state index in [0.29, 0.717) is 12.6 Å². The fourth-order valence-corrected chi connectivity index (χ4v) is 2.29. The van der Waals surface area contributed by atoms with Gasteiger partial charge >= 0.3 is 12.0 Å². The van der Waals surface area contributed by atoms with Crippen LogP contribution in [0.1, 0.15) is 39.0 Å². The van der Waals surface area contributed by atoms with Crippen LogP contribution >= 0.6 is 0 Å². The topological polar surface area (TPSA) is 72.9 Å². The molecule has 0 bridgehead atoms. The van der Waals surface area contributed by atoms with Gasteiger partial charge in [-0.05, 0) is 26.8 Å². The molecule has 2 amide bonds. The predicted molar refractivity (Wildman–Crippen MR) is 77.8 cm³/mol. The fraction of sp³-hybridized carbons (Fsp3) is 0.857. The number of carbonyl (C=O) groups is 2. The zero-order valence-corrected chi connectivity index (χ0v) is 12.6. The number of hydrogen-bond acceptors (Lipinski definition) is 3. The zero-order chi connectivity index (χ0) is 15.0. The highest BCUT2D eigenvalue weighted by molar-refractivity contribution is 5.74. The Morgan fingerprint density at radius 3 is 2.55 bits per heavy atom. The average Bonchev–Trinajstić information content (AvgIpc) is 2.40. The lowest BCUT2D eigenvalue weighted by atomic mass is 10.1. The molecule has 1 aliphatic rings. The number of rotatable bonds is 7. The van der Waals surface area contributed by atoms with Crippen LogP contribution in [0.5, 0.6) is 0 Å². The van der Waals surface area contributed by atoms with Crippen molar-refractivity contribution in [1.82, 2.24) is 15.1 Å². The standard InChI is InChI=1S/C14H27N3O3/c1-12-11-17(10-9-16(12)2)14(20)15-8-6-4-3-5-7-13(18)19/h12H,3-11H2,1-2H3,(H,15,20)(H,18,19). The van der Waals surface area contributed by atoms with Crippen molar-refractivity contribution in [3.63, 3.8) is 0 Å². The first-order valence-electron chi connectivity index (χ1n) is 7.45. The number of urea groups is 1. The van der Waals surface area contributed by atoms with E-state index in [9.17, 15) is 9.59 Å². The molecule has 6 heteroatoms. The maximum absolute atomic E-state index is 11.9. The van der Waals surface area contributed by atoms with Gasteiger partial charge < -0.3 is 20.2 Å². The molecule has 2 N–H and O–H groups in total. The monoisotopic (exact) mass is 285 g/mol. The molecule has 6 nitrogen and oxygen atoms in total. The molecule has 1 atom stereocenters. The van der Waals surface area contributed by atoms with E-state index < -0.39 is 5.97 Å². The van der Waals surface area contributed by atoms with Crippen molar-refractivity contribution >= 4 is 12.0 Å². The second-order valence-electron chi connectivity index (χ2n) is 5.57. The number of unbranched alkanes of at least 4 members (excludes halogenated alkanes) is 3. The smallest absolute Gasteiger partial charge is 0.317 e. The maximum atomic E-state index is 11.9. The Morgan fingerprint density at radius 1 is 1.20 bits per heavy atom. The van der Waals surface area contributed by atoms with Gasteiger partial charge in [0.25, 0.3) is 0 Å². The molecule has 0 radical (unpaired) electrons. The molecule has 1 saturated heterocycles. The lowest BCUT2D eigenvalue weighted by molar-refractivity contribution is -0.137. The third-order valence-corrected chi connectivity index (χ3v) is 3.84. The lowest BCUT2D eigenvalue weighted by Gasteiger charge is -2.37. The Labute approximate surface area is 121 Å². The van der Waals surface area contributed by atoms with Crippen molar-refractivity contribution in [2.75, 3.05) is 33.2 Å². The van der Waals surface area contributed by atoms with Gasteiger partial charge in [-0.15, -0.1) is 0 Å². The summed E-state index contributed by atoms with van der Waals surface area (Å²) >= 11 is 0.